The first-order valence-electron chi connectivity index (χ1n) is 9.58. The van der Waals surface area contributed by atoms with Crippen molar-refractivity contribution in [2.24, 2.45) is 0 Å². The molecule has 0 bridgehead atoms. The summed E-state index contributed by atoms with van der Waals surface area (Å²) in [5.41, 5.74) is 0.567. The van der Waals surface area contributed by atoms with Crippen LogP contribution in [0.25, 0.3) is 22.4 Å². The summed E-state index contributed by atoms with van der Waals surface area (Å²) < 4.78 is 79.5. The lowest BCUT2D eigenvalue weighted by molar-refractivity contribution is -0.274. The molecule has 4 rings (SSSR count). The number of carbonyl (C=O) groups is 1. The molecule has 1 aromatic heterocycles. The summed E-state index contributed by atoms with van der Waals surface area (Å²) in [5, 5.41) is 5.06. The van der Waals surface area contributed by atoms with Gasteiger partial charge in [0.05, 0.1) is 22.3 Å². The van der Waals surface area contributed by atoms with Crippen molar-refractivity contribution < 1.29 is 35.9 Å². The van der Waals surface area contributed by atoms with Gasteiger partial charge in [0.2, 0.25) is 0 Å². The smallest absolute Gasteiger partial charge is 0.406 e. The summed E-state index contributed by atoms with van der Waals surface area (Å²) >= 11 is 0. The van der Waals surface area contributed by atoms with E-state index in [-0.39, 0.29) is 17.0 Å². The second-order valence-electron chi connectivity index (χ2n) is 7.01. The Morgan fingerprint density at radius 2 is 1.59 bits per heavy atom. The highest BCUT2D eigenvalue weighted by Gasteiger charge is 2.31. The predicted octanol–water partition coefficient (Wildman–Crippen LogP) is 6.79. The number of alkyl halides is 6. The largest absolute Gasteiger partial charge is 0.573 e. The molecule has 0 aliphatic rings. The topological polar surface area (TPSA) is 79.0 Å². The molecule has 0 radical (unpaired) electrons. The number of carbonyl (C=O) groups excluding carboxylic acids is 1. The molecule has 0 atom stereocenters. The Labute approximate surface area is 187 Å². The maximum atomic E-state index is 13.0. The quantitative estimate of drug-likeness (QED) is 0.282. The number of aromatic amines is 1. The number of rotatable bonds is 4. The molecular formula is C22H14F6N4O2. The van der Waals surface area contributed by atoms with E-state index < -0.39 is 29.9 Å². The van der Waals surface area contributed by atoms with E-state index in [4.69, 9.17) is 0 Å². The predicted molar refractivity (Wildman–Crippen MR) is 112 cm³/mol. The number of nitrogens with zero attached hydrogens (tertiary/aromatic N) is 1. The van der Waals surface area contributed by atoms with Gasteiger partial charge in [-0.05, 0) is 54.6 Å². The molecule has 0 fully saturated rings. The molecule has 0 saturated carbocycles. The fourth-order valence-electron chi connectivity index (χ4n) is 3.14. The van der Waals surface area contributed by atoms with Crippen LogP contribution in [-0.4, -0.2) is 22.4 Å². The molecule has 3 N–H and O–H groups in total. The molecule has 176 valence electrons. The van der Waals surface area contributed by atoms with E-state index in [1.807, 2.05) is 0 Å². The fraction of sp³-hybridized carbons (Fsp3) is 0.0909. The van der Waals surface area contributed by atoms with Gasteiger partial charge < -0.3 is 20.4 Å². The van der Waals surface area contributed by atoms with Gasteiger partial charge in [-0.1, -0.05) is 12.1 Å². The van der Waals surface area contributed by atoms with Crippen molar-refractivity contribution in [2.75, 3.05) is 10.6 Å². The van der Waals surface area contributed by atoms with Crippen molar-refractivity contribution in [3.63, 3.8) is 0 Å². The Morgan fingerprint density at radius 1 is 0.882 bits per heavy atom. The van der Waals surface area contributed by atoms with Gasteiger partial charge in [0, 0.05) is 11.3 Å². The highest BCUT2D eigenvalue weighted by molar-refractivity contribution is 6.02. The summed E-state index contributed by atoms with van der Waals surface area (Å²) in [6.45, 7) is 0. The minimum absolute atomic E-state index is 0.172. The number of H-pyrrole nitrogens is 1. The molecule has 0 aliphatic carbocycles. The van der Waals surface area contributed by atoms with E-state index in [0.29, 0.717) is 16.8 Å². The number of hydrogen-bond donors (Lipinski definition) is 3. The van der Waals surface area contributed by atoms with Crippen LogP contribution in [0.3, 0.4) is 0 Å². The molecule has 3 aromatic carbocycles. The van der Waals surface area contributed by atoms with E-state index in [2.05, 4.69) is 25.3 Å². The van der Waals surface area contributed by atoms with E-state index >= 15 is 0 Å². The summed E-state index contributed by atoms with van der Waals surface area (Å²) in [5.74, 6) is -0.207. The number of para-hydroxylation sites is 1. The van der Waals surface area contributed by atoms with Crippen LogP contribution in [0, 0.1) is 0 Å². The van der Waals surface area contributed by atoms with Crippen molar-refractivity contribution in [1.82, 2.24) is 9.97 Å². The number of halogens is 6. The highest BCUT2D eigenvalue weighted by Crippen LogP contribution is 2.33. The standard InChI is InChI=1S/C22H14F6N4O2/c23-21(24,25)12-5-10-17-18(11-12)31-19(30-17)15-3-1-2-4-16(15)32-20(33)29-13-6-8-14(9-7-13)34-22(26,27)28/h1-11H,(H,30,31)(H2,29,32,33). The van der Waals surface area contributed by atoms with Crippen molar-refractivity contribution in [3.8, 4) is 17.1 Å². The van der Waals surface area contributed by atoms with Crippen LogP contribution in [0.2, 0.25) is 0 Å². The van der Waals surface area contributed by atoms with E-state index in [0.717, 1.165) is 24.3 Å². The molecule has 0 saturated heterocycles. The van der Waals surface area contributed by atoms with Crippen LogP contribution in [0.15, 0.2) is 66.7 Å². The third-order valence-electron chi connectivity index (χ3n) is 4.59. The lowest BCUT2D eigenvalue weighted by Crippen LogP contribution is -2.20. The Morgan fingerprint density at radius 3 is 2.26 bits per heavy atom. The molecule has 1 heterocycles. The van der Waals surface area contributed by atoms with Gasteiger partial charge in [0.15, 0.2) is 0 Å². The van der Waals surface area contributed by atoms with Crippen LogP contribution in [-0.2, 0) is 6.18 Å². The van der Waals surface area contributed by atoms with E-state index in [9.17, 15) is 31.1 Å². The summed E-state index contributed by atoms with van der Waals surface area (Å²) in [4.78, 5) is 19.5. The second-order valence-corrected chi connectivity index (χ2v) is 7.01. The monoisotopic (exact) mass is 480 g/mol. The molecule has 0 unspecified atom stereocenters. The molecule has 6 nitrogen and oxygen atoms in total. The molecular weight excluding hydrogens is 466 g/mol. The maximum absolute atomic E-state index is 13.0. The number of benzene rings is 3. The number of urea groups is 1. The SMILES string of the molecule is O=C(Nc1ccc(OC(F)(F)F)cc1)Nc1ccccc1-c1nc2ccc(C(F)(F)F)cc2[nH]1. The van der Waals surface area contributed by atoms with Gasteiger partial charge in [0.1, 0.15) is 11.6 Å². The first-order chi connectivity index (χ1) is 16.0. The number of anilines is 2. The first-order valence-corrected chi connectivity index (χ1v) is 9.58. The average Bonchev–Trinajstić information content (AvgIpc) is 3.17. The van der Waals surface area contributed by atoms with Gasteiger partial charge in [-0.25, -0.2) is 9.78 Å². The highest BCUT2D eigenvalue weighted by atomic mass is 19.4. The number of amides is 2. The van der Waals surface area contributed by atoms with E-state index in [1.165, 1.54) is 18.2 Å². The molecule has 2 amide bonds. The normalized spacial score (nSPS) is 11.9. The summed E-state index contributed by atoms with van der Waals surface area (Å²) in [6, 6.07) is 13.4. The number of aromatic nitrogens is 2. The summed E-state index contributed by atoms with van der Waals surface area (Å²) in [6.07, 6.45) is -9.34. The lowest BCUT2D eigenvalue weighted by Gasteiger charge is -2.12. The minimum atomic E-state index is -4.83. The molecule has 12 heteroatoms. The van der Waals surface area contributed by atoms with Crippen LogP contribution >= 0.6 is 0 Å². The van der Waals surface area contributed by atoms with Gasteiger partial charge in [-0.3, -0.25) is 0 Å². The molecule has 34 heavy (non-hydrogen) atoms. The van der Waals surface area contributed by atoms with Crippen molar-refractivity contribution in [1.29, 1.82) is 0 Å². The Hall–Kier alpha value is -4.22. The van der Waals surface area contributed by atoms with Gasteiger partial charge in [0.25, 0.3) is 0 Å². The summed E-state index contributed by atoms with van der Waals surface area (Å²) in [7, 11) is 0. The van der Waals surface area contributed by atoms with E-state index in [1.54, 1.807) is 24.3 Å². The minimum Gasteiger partial charge on any atom is -0.406 e. The molecule has 4 aromatic rings. The van der Waals surface area contributed by atoms with Crippen LogP contribution in [0.1, 0.15) is 5.56 Å². The molecule has 0 aliphatic heterocycles. The lowest BCUT2D eigenvalue weighted by atomic mass is 10.1. The fourth-order valence-corrected chi connectivity index (χ4v) is 3.14. The second kappa shape index (κ2) is 8.61. The third kappa shape index (κ3) is 5.39. The number of nitrogens with one attached hydrogen (secondary N) is 3. The number of ether oxygens (including phenoxy) is 1. The Kier molecular flexibility index (Phi) is 5.82. The maximum Gasteiger partial charge on any atom is 0.573 e. The Bertz CT molecular complexity index is 1330. The van der Waals surface area contributed by atoms with Gasteiger partial charge in [-0.2, -0.15) is 13.2 Å². The van der Waals surface area contributed by atoms with Crippen LogP contribution in [0.4, 0.5) is 42.5 Å². The third-order valence-corrected chi connectivity index (χ3v) is 4.59. The van der Waals surface area contributed by atoms with Crippen molar-refractivity contribution in [3.05, 3.63) is 72.3 Å². The van der Waals surface area contributed by atoms with Gasteiger partial charge in [-0.15, -0.1) is 13.2 Å². The number of hydrogen-bond acceptors (Lipinski definition) is 3. The zero-order valence-corrected chi connectivity index (χ0v) is 16.9. The van der Waals surface area contributed by atoms with Crippen LogP contribution in [0.5, 0.6) is 5.75 Å². The zero-order valence-electron chi connectivity index (χ0n) is 16.9. The van der Waals surface area contributed by atoms with Crippen molar-refractivity contribution >= 4 is 28.4 Å². The van der Waals surface area contributed by atoms with Crippen LogP contribution < -0.4 is 15.4 Å². The number of fused-ring (bicyclic) bond motifs is 1. The van der Waals surface area contributed by atoms with Gasteiger partial charge >= 0.3 is 18.6 Å². The first kappa shape index (κ1) is 23.0. The van der Waals surface area contributed by atoms with Crippen molar-refractivity contribution in [2.45, 2.75) is 12.5 Å². The Balaban J connectivity index is 1.52. The average molecular weight is 480 g/mol. The molecule has 0 spiro atoms. The zero-order chi connectivity index (χ0) is 24.5. The number of imidazole rings is 1.